The van der Waals surface area contributed by atoms with Crippen molar-refractivity contribution in [1.29, 1.82) is 5.26 Å². The number of rotatable bonds is 2. The first kappa shape index (κ1) is 18.1. The van der Waals surface area contributed by atoms with Crippen molar-refractivity contribution < 1.29 is 4.79 Å². The molecule has 0 aliphatic carbocycles. The third-order valence-electron chi connectivity index (χ3n) is 4.68. The van der Waals surface area contributed by atoms with E-state index in [0.717, 1.165) is 33.8 Å². The number of urea groups is 1. The van der Waals surface area contributed by atoms with Crippen LogP contribution in [0.1, 0.15) is 22.3 Å². The van der Waals surface area contributed by atoms with E-state index in [4.69, 9.17) is 11.6 Å². The van der Waals surface area contributed by atoms with Crippen LogP contribution in [-0.2, 0) is 13.0 Å². The fourth-order valence-corrected chi connectivity index (χ4v) is 3.59. The number of benzene rings is 2. The molecule has 0 spiro atoms. The molecule has 3 rings (SSSR count). The molecule has 26 heavy (non-hydrogen) atoms. The first-order chi connectivity index (χ1) is 12.4. The number of carbonyl (C=O) groups is 1. The maximum Gasteiger partial charge on any atom is 0.322 e. The number of anilines is 2. The molecule has 0 radical (unpaired) electrons. The SMILES string of the molecule is Cc1cc(NC(=O)N2CCc3c(Cl)cccc3C2)c(C#N)cc1N(C)C. The zero-order valence-corrected chi connectivity index (χ0v) is 15.9. The molecule has 2 aromatic carbocycles. The summed E-state index contributed by atoms with van der Waals surface area (Å²) in [5.74, 6) is 0. The van der Waals surface area contributed by atoms with Gasteiger partial charge in [-0.15, -0.1) is 0 Å². The Morgan fingerprint density at radius 3 is 2.81 bits per heavy atom. The number of halogens is 1. The minimum Gasteiger partial charge on any atom is -0.377 e. The number of nitriles is 1. The quantitative estimate of drug-likeness (QED) is 0.865. The van der Waals surface area contributed by atoms with E-state index in [2.05, 4.69) is 11.4 Å². The minimum atomic E-state index is -0.205. The molecule has 1 N–H and O–H groups in total. The van der Waals surface area contributed by atoms with Gasteiger partial charge in [-0.3, -0.25) is 0 Å². The van der Waals surface area contributed by atoms with Gasteiger partial charge < -0.3 is 15.1 Å². The summed E-state index contributed by atoms with van der Waals surface area (Å²) in [7, 11) is 3.86. The number of hydrogen-bond donors (Lipinski definition) is 1. The van der Waals surface area contributed by atoms with Gasteiger partial charge in [0.15, 0.2) is 0 Å². The van der Waals surface area contributed by atoms with E-state index < -0.39 is 0 Å². The normalized spacial score (nSPS) is 13.0. The number of carbonyl (C=O) groups excluding carboxylic acids is 1. The number of nitrogens with one attached hydrogen (secondary N) is 1. The Morgan fingerprint density at radius 1 is 1.35 bits per heavy atom. The monoisotopic (exact) mass is 368 g/mol. The number of aryl methyl sites for hydroxylation is 1. The number of hydrogen-bond acceptors (Lipinski definition) is 3. The molecule has 0 aromatic heterocycles. The second kappa shape index (κ2) is 7.27. The molecule has 0 bridgehead atoms. The Labute approximate surface area is 158 Å². The van der Waals surface area contributed by atoms with E-state index in [1.807, 2.05) is 50.2 Å². The predicted octanol–water partition coefficient (Wildman–Crippen LogP) is 4.18. The largest absolute Gasteiger partial charge is 0.377 e. The van der Waals surface area contributed by atoms with Gasteiger partial charge in [-0.05, 0) is 48.2 Å². The highest BCUT2D eigenvalue weighted by Gasteiger charge is 2.23. The van der Waals surface area contributed by atoms with Crippen LogP contribution in [0.5, 0.6) is 0 Å². The Morgan fingerprint density at radius 2 is 2.12 bits per heavy atom. The third kappa shape index (κ3) is 3.47. The van der Waals surface area contributed by atoms with Crippen LogP contribution in [0.4, 0.5) is 16.2 Å². The second-order valence-electron chi connectivity index (χ2n) is 6.67. The molecule has 5 nitrogen and oxygen atoms in total. The van der Waals surface area contributed by atoms with Crippen LogP contribution in [0.15, 0.2) is 30.3 Å². The zero-order chi connectivity index (χ0) is 18.8. The summed E-state index contributed by atoms with van der Waals surface area (Å²) < 4.78 is 0. The summed E-state index contributed by atoms with van der Waals surface area (Å²) in [6.07, 6.45) is 0.728. The molecule has 0 unspecified atom stereocenters. The molecule has 2 aromatic rings. The molecule has 134 valence electrons. The molecule has 1 aliphatic heterocycles. The second-order valence-corrected chi connectivity index (χ2v) is 7.08. The van der Waals surface area contributed by atoms with Gasteiger partial charge in [-0.1, -0.05) is 23.7 Å². The molecular formula is C20H21ClN4O. The molecule has 1 aliphatic rings. The van der Waals surface area contributed by atoms with Crippen molar-refractivity contribution in [1.82, 2.24) is 4.90 Å². The van der Waals surface area contributed by atoms with Crippen molar-refractivity contribution in [3.8, 4) is 6.07 Å². The average molecular weight is 369 g/mol. The average Bonchev–Trinajstić information content (AvgIpc) is 2.61. The van der Waals surface area contributed by atoms with Gasteiger partial charge in [0, 0.05) is 37.9 Å². The van der Waals surface area contributed by atoms with E-state index in [9.17, 15) is 10.1 Å². The highest BCUT2D eigenvalue weighted by Crippen LogP contribution is 2.28. The molecule has 0 saturated carbocycles. The van der Waals surface area contributed by atoms with Crippen molar-refractivity contribution in [2.24, 2.45) is 0 Å². The number of amides is 2. The lowest BCUT2D eigenvalue weighted by Crippen LogP contribution is -2.39. The lowest BCUT2D eigenvalue weighted by Gasteiger charge is -2.29. The van der Waals surface area contributed by atoms with Crippen LogP contribution in [0.25, 0.3) is 0 Å². The maximum absolute atomic E-state index is 12.7. The lowest BCUT2D eigenvalue weighted by molar-refractivity contribution is 0.206. The van der Waals surface area contributed by atoms with E-state index in [1.165, 1.54) is 0 Å². The molecule has 1 heterocycles. The smallest absolute Gasteiger partial charge is 0.322 e. The summed E-state index contributed by atoms with van der Waals surface area (Å²) in [4.78, 5) is 16.4. The van der Waals surface area contributed by atoms with Crippen LogP contribution < -0.4 is 10.2 Å². The molecule has 2 amide bonds. The van der Waals surface area contributed by atoms with Gasteiger partial charge >= 0.3 is 6.03 Å². The number of fused-ring (bicyclic) bond motifs is 1. The topological polar surface area (TPSA) is 59.4 Å². The van der Waals surface area contributed by atoms with Crippen LogP contribution in [0.3, 0.4) is 0 Å². The first-order valence-corrected chi connectivity index (χ1v) is 8.82. The number of nitrogens with zero attached hydrogens (tertiary/aromatic N) is 3. The van der Waals surface area contributed by atoms with Gasteiger partial charge in [0.05, 0.1) is 11.3 Å². The van der Waals surface area contributed by atoms with Gasteiger partial charge in [-0.2, -0.15) is 5.26 Å². The zero-order valence-electron chi connectivity index (χ0n) is 15.1. The molecule has 6 heteroatoms. The Kier molecular flexibility index (Phi) is 5.06. The van der Waals surface area contributed by atoms with Crippen LogP contribution in [-0.4, -0.2) is 31.6 Å². The molecule has 0 fully saturated rings. The van der Waals surface area contributed by atoms with Crippen molar-refractivity contribution in [3.05, 3.63) is 57.6 Å². The lowest BCUT2D eigenvalue weighted by atomic mass is 10.00. The van der Waals surface area contributed by atoms with Crippen molar-refractivity contribution in [3.63, 3.8) is 0 Å². The molecule has 0 saturated heterocycles. The van der Waals surface area contributed by atoms with Crippen LogP contribution in [0.2, 0.25) is 5.02 Å². The predicted molar refractivity (Wildman–Crippen MR) is 105 cm³/mol. The Bertz CT molecular complexity index is 901. The maximum atomic E-state index is 12.7. The fraction of sp³-hybridized carbons (Fsp3) is 0.300. The summed E-state index contributed by atoms with van der Waals surface area (Å²) in [5.41, 5.74) is 5.13. The van der Waals surface area contributed by atoms with Crippen molar-refractivity contribution in [2.45, 2.75) is 19.9 Å². The van der Waals surface area contributed by atoms with E-state index >= 15 is 0 Å². The van der Waals surface area contributed by atoms with Gasteiger partial charge in [0.2, 0.25) is 0 Å². The van der Waals surface area contributed by atoms with Crippen molar-refractivity contribution in [2.75, 3.05) is 30.9 Å². The van der Waals surface area contributed by atoms with Gasteiger partial charge in [-0.25, -0.2) is 4.79 Å². The molecular weight excluding hydrogens is 348 g/mol. The summed E-state index contributed by atoms with van der Waals surface area (Å²) >= 11 is 6.24. The minimum absolute atomic E-state index is 0.205. The third-order valence-corrected chi connectivity index (χ3v) is 5.03. The van der Waals surface area contributed by atoms with Gasteiger partial charge in [0.25, 0.3) is 0 Å². The van der Waals surface area contributed by atoms with E-state index in [0.29, 0.717) is 24.3 Å². The van der Waals surface area contributed by atoms with Crippen LogP contribution >= 0.6 is 11.6 Å². The summed E-state index contributed by atoms with van der Waals surface area (Å²) in [5, 5.41) is 13.1. The fourth-order valence-electron chi connectivity index (χ4n) is 3.30. The summed E-state index contributed by atoms with van der Waals surface area (Å²) in [6, 6.07) is 11.4. The standard InChI is InChI=1S/C20H21ClN4O/c1-13-9-18(15(11-22)10-19(13)24(2)3)23-20(26)25-8-7-16-14(12-25)5-4-6-17(16)21/h4-6,9-10H,7-8,12H2,1-3H3,(H,23,26). The summed E-state index contributed by atoms with van der Waals surface area (Å²) in [6.45, 7) is 3.07. The van der Waals surface area contributed by atoms with E-state index in [-0.39, 0.29) is 6.03 Å². The van der Waals surface area contributed by atoms with Crippen molar-refractivity contribution >= 4 is 29.0 Å². The Hall–Kier alpha value is -2.71. The molecule has 0 atom stereocenters. The Balaban J connectivity index is 1.81. The van der Waals surface area contributed by atoms with E-state index in [1.54, 1.807) is 11.0 Å². The highest BCUT2D eigenvalue weighted by molar-refractivity contribution is 6.31. The van der Waals surface area contributed by atoms with Gasteiger partial charge in [0.1, 0.15) is 6.07 Å². The first-order valence-electron chi connectivity index (χ1n) is 8.45. The highest BCUT2D eigenvalue weighted by atomic mass is 35.5. The van der Waals surface area contributed by atoms with Crippen LogP contribution in [0, 0.1) is 18.3 Å².